The molecule has 0 heterocycles. The van der Waals surface area contributed by atoms with Crippen molar-refractivity contribution < 1.29 is 80.2 Å². The minimum Gasteiger partial charge on any atom is -0.462 e. The second-order valence-corrected chi connectivity index (χ2v) is 28.4. The lowest BCUT2D eigenvalue weighted by molar-refractivity contribution is -0.161. The van der Waals surface area contributed by atoms with Crippen LogP contribution in [0.15, 0.2) is 0 Å². The summed E-state index contributed by atoms with van der Waals surface area (Å²) in [6, 6.07) is 0. The molecule has 0 aromatic rings. The molecule has 0 spiro atoms. The van der Waals surface area contributed by atoms with Crippen molar-refractivity contribution in [3.63, 3.8) is 0 Å². The van der Waals surface area contributed by atoms with Gasteiger partial charge >= 0.3 is 39.5 Å². The van der Waals surface area contributed by atoms with Gasteiger partial charge in [0.1, 0.15) is 19.3 Å². The molecule has 3 N–H and O–H groups in total. The average molecular weight is 1280 g/mol. The van der Waals surface area contributed by atoms with Crippen molar-refractivity contribution in [2.75, 3.05) is 39.6 Å². The number of phosphoric ester groups is 2. The van der Waals surface area contributed by atoms with Crippen molar-refractivity contribution in [3.8, 4) is 0 Å². The maximum Gasteiger partial charge on any atom is 0.472 e. The summed E-state index contributed by atoms with van der Waals surface area (Å²) in [5, 5.41) is 10.6. The molecule has 0 saturated heterocycles. The van der Waals surface area contributed by atoms with Crippen molar-refractivity contribution >= 4 is 39.5 Å². The fourth-order valence-electron chi connectivity index (χ4n) is 10.1. The highest BCUT2D eigenvalue weighted by Crippen LogP contribution is 2.45. The van der Waals surface area contributed by atoms with E-state index in [4.69, 9.17) is 37.0 Å². The highest BCUT2D eigenvalue weighted by Gasteiger charge is 2.30. The van der Waals surface area contributed by atoms with E-state index in [-0.39, 0.29) is 25.7 Å². The molecular weight excluding hydrogens is 1150 g/mol. The summed E-state index contributed by atoms with van der Waals surface area (Å²) in [5.74, 6) is 0.0434. The Morgan fingerprint density at radius 1 is 0.333 bits per heavy atom. The molecule has 17 nitrogen and oxygen atoms in total. The summed E-state index contributed by atoms with van der Waals surface area (Å²) < 4.78 is 68.1. The summed E-state index contributed by atoms with van der Waals surface area (Å²) in [5.41, 5.74) is 0. The van der Waals surface area contributed by atoms with Crippen LogP contribution in [0.25, 0.3) is 0 Å². The average Bonchev–Trinajstić information content (AvgIpc) is 3.68. The molecule has 7 atom stereocenters. The van der Waals surface area contributed by atoms with Crippen LogP contribution < -0.4 is 0 Å². The van der Waals surface area contributed by atoms with Gasteiger partial charge in [-0.3, -0.25) is 37.3 Å². The number of hydrogen-bond acceptors (Lipinski definition) is 15. The van der Waals surface area contributed by atoms with E-state index in [1.807, 2.05) is 0 Å². The third-order valence-electron chi connectivity index (χ3n) is 16.4. The first kappa shape index (κ1) is 85.1. The fraction of sp³-hybridized carbons (Fsp3) is 0.941. The Labute approximate surface area is 530 Å². The number of ether oxygens (including phenoxy) is 4. The molecular formula is C68H132O17P2. The fourth-order valence-corrected chi connectivity index (χ4v) is 11.7. The highest BCUT2D eigenvalue weighted by atomic mass is 31.2. The number of unbranched alkanes of at least 4 members (excludes halogenated alkanes) is 32. The van der Waals surface area contributed by atoms with Gasteiger partial charge in [-0.1, -0.05) is 286 Å². The van der Waals surface area contributed by atoms with Crippen molar-refractivity contribution in [3.05, 3.63) is 0 Å². The van der Waals surface area contributed by atoms with E-state index >= 15 is 0 Å². The van der Waals surface area contributed by atoms with Crippen molar-refractivity contribution in [2.24, 2.45) is 17.8 Å². The molecule has 0 rings (SSSR count). The zero-order valence-corrected chi connectivity index (χ0v) is 58.3. The second kappa shape index (κ2) is 59.1. The zero-order valence-electron chi connectivity index (χ0n) is 56.5. The molecule has 0 amide bonds. The van der Waals surface area contributed by atoms with Crippen LogP contribution in [0, 0.1) is 17.8 Å². The van der Waals surface area contributed by atoms with Crippen LogP contribution in [-0.2, 0) is 65.4 Å². The Kier molecular flexibility index (Phi) is 57.8. The van der Waals surface area contributed by atoms with Crippen LogP contribution in [0.5, 0.6) is 0 Å². The molecule has 0 saturated carbocycles. The lowest BCUT2D eigenvalue weighted by Crippen LogP contribution is -2.30. The smallest absolute Gasteiger partial charge is 0.462 e. The predicted octanol–water partition coefficient (Wildman–Crippen LogP) is 19.1. The van der Waals surface area contributed by atoms with Gasteiger partial charge in [-0.2, -0.15) is 0 Å². The lowest BCUT2D eigenvalue weighted by atomic mass is 9.99. The van der Waals surface area contributed by atoms with Gasteiger partial charge in [0.15, 0.2) is 12.2 Å². The second-order valence-electron chi connectivity index (χ2n) is 25.5. The van der Waals surface area contributed by atoms with E-state index in [1.165, 1.54) is 141 Å². The van der Waals surface area contributed by atoms with Crippen LogP contribution >= 0.6 is 15.6 Å². The summed E-state index contributed by atoms with van der Waals surface area (Å²) >= 11 is 0. The van der Waals surface area contributed by atoms with Gasteiger partial charge in [-0.15, -0.1) is 0 Å². The van der Waals surface area contributed by atoms with Gasteiger partial charge in [0, 0.05) is 25.7 Å². The molecule has 0 aliphatic carbocycles. The standard InChI is InChI=1S/C68H132O17P2/c1-8-11-12-13-14-15-16-17-18-19-20-21-22-27-37-44-51-67(72)84-63(55-78-65(70)49-42-35-26-24-23-25-33-40-47-60(6)9-2)57-82-86(74,75)80-53-62(69)54-81-87(76,77)83-58-64(56-79-66(71)50-43-36-30-28-32-39-46-59(4)5)85-68(73)52-45-38-31-29-34-41-48-61(7)10-3/h59-64,69H,8-58H2,1-7H3,(H,74,75)(H,76,77)/t60?,61?,62-,63-,64-/m1/s1. The molecule has 0 aliphatic rings. The third kappa shape index (κ3) is 60.1. The lowest BCUT2D eigenvalue weighted by Gasteiger charge is -2.21. The number of hydrogen-bond donors (Lipinski definition) is 3. The zero-order chi connectivity index (χ0) is 64.5. The van der Waals surface area contributed by atoms with Gasteiger partial charge in [-0.05, 0) is 43.4 Å². The van der Waals surface area contributed by atoms with Gasteiger partial charge in [0.05, 0.1) is 26.4 Å². The molecule has 0 aromatic heterocycles. The maximum absolute atomic E-state index is 13.0. The molecule has 4 unspecified atom stereocenters. The van der Waals surface area contributed by atoms with Crippen molar-refractivity contribution in [1.29, 1.82) is 0 Å². The number of aliphatic hydroxyl groups is 1. The monoisotopic (exact) mass is 1280 g/mol. The first-order valence-corrected chi connectivity index (χ1v) is 38.4. The largest absolute Gasteiger partial charge is 0.472 e. The number of carbonyl (C=O) groups is 4. The Morgan fingerprint density at radius 2 is 0.586 bits per heavy atom. The van der Waals surface area contributed by atoms with Crippen LogP contribution in [0.2, 0.25) is 0 Å². The van der Waals surface area contributed by atoms with Gasteiger partial charge in [0.2, 0.25) is 0 Å². The van der Waals surface area contributed by atoms with E-state index in [9.17, 15) is 43.2 Å². The Bertz CT molecular complexity index is 1720. The Morgan fingerprint density at radius 3 is 0.874 bits per heavy atom. The Hall–Kier alpha value is -1.94. The van der Waals surface area contributed by atoms with E-state index < -0.39 is 97.5 Å². The van der Waals surface area contributed by atoms with E-state index in [2.05, 4.69) is 48.5 Å². The number of esters is 4. The highest BCUT2D eigenvalue weighted by molar-refractivity contribution is 7.47. The number of phosphoric acid groups is 2. The molecule has 0 bridgehead atoms. The van der Waals surface area contributed by atoms with Gasteiger partial charge in [-0.25, -0.2) is 9.13 Å². The van der Waals surface area contributed by atoms with Crippen LogP contribution in [0.3, 0.4) is 0 Å². The molecule has 0 aliphatic heterocycles. The van der Waals surface area contributed by atoms with Crippen LogP contribution in [0.4, 0.5) is 0 Å². The molecule has 19 heteroatoms. The van der Waals surface area contributed by atoms with E-state index in [0.717, 1.165) is 108 Å². The topological polar surface area (TPSA) is 237 Å². The van der Waals surface area contributed by atoms with Crippen molar-refractivity contribution in [1.82, 2.24) is 0 Å². The summed E-state index contributed by atoms with van der Waals surface area (Å²) in [6.07, 6.45) is 41.8. The van der Waals surface area contributed by atoms with Gasteiger partial charge < -0.3 is 33.8 Å². The van der Waals surface area contributed by atoms with E-state index in [0.29, 0.717) is 31.6 Å². The maximum atomic E-state index is 13.0. The molecule has 0 fully saturated rings. The third-order valence-corrected chi connectivity index (χ3v) is 18.3. The van der Waals surface area contributed by atoms with Crippen molar-refractivity contribution in [2.45, 2.75) is 356 Å². The number of rotatable bonds is 66. The minimum absolute atomic E-state index is 0.102. The molecule has 0 radical (unpaired) electrons. The number of aliphatic hydroxyl groups excluding tert-OH is 1. The predicted molar refractivity (Wildman–Crippen MR) is 349 cm³/mol. The quantitative estimate of drug-likeness (QED) is 0.0222. The minimum atomic E-state index is -4.95. The summed E-state index contributed by atoms with van der Waals surface area (Å²) in [7, 11) is -9.90. The first-order valence-electron chi connectivity index (χ1n) is 35.4. The van der Waals surface area contributed by atoms with Gasteiger partial charge in [0.25, 0.3) is 0 Å². The molecule has 0 aromatic carbocycles. The SMILES string of the molecule is CCCCCCCCCCCCCCCCCCC(=O)O[C@H](COC(=O)CCCCCCCCCCC(C)CC)COP(=O)(O)OC[C@@H](O)COP(=O)(O)OC[C@@H](COC(=O)CCCCCCCCC(C)C)OC(=O)CCCCCCCCC(C)CC. The molecule has 87 heavy (non-hydrogen) atoms. The summed E-state index contributed by atoms with van der Waals surface area (Å²) in [6.45, 7) is 11.7. The first-order chi connectivity index (χ1) is 41.8. The molecule has 516 valence electrons. The number of carbonyl (C=O) groups excluding carboxylic acids is 4. The van der Waals surface area contributed by atoms with Crippen LogP contribution in [0.1, 0.15) is 337 Å². The van der Waals surface area contributed by atoms with Crippen LogP contribution in [-0.4, -0.2) is 96.7 Å². The Balaban J connectivity index is 5.24. The van der Waals surface area contributed by atoms with E-state index in [1.54, 1.807) is 0 Å². The normalized spacial score (nSPS) is 14.9. The summed E-state index contributed by atoms with van der Waals surface area (Å²) in [4.78, 5) is 72.4.